The summed E-state index contributed by atoms with van der Waals surface area (Å²) in [6.45, 7) is 12.4. The fourth-order valence-corrected chi connectivity index (χ4v) is 1.93. The SMILES string of the molecule is C=c1cccc(-c2cccc(C)c2C)c1=C. The summed E-state index contributed by atoms with van der Waals surface area (Å²) in [5.74, 6) is 0. The van der Waals surface area contributed by atoms with Gasteiger partial charge in [0, 0.05) is 0 Å². The molecule has 0 fully saturated rings. The molecule has 0 heterocycles. The first-order chi connectivity index (χ1) is 7.61. The van der Waals surface area contributed by atoms with Gasteiger partial charge in [0.25, 0.3) is 0 Å². The second-order valence-electron chi connectivity index (χ2n) is 4.19. The molecular weight excluding hydrogens is 192 g/mol. The van der Waals surface area contributed by atoms with Crippen LogP contribution >= 0.6 is 0 Å². The van der Waals surface area contributed by atoms with E-state index >= 15 is 0 Å². The summed E-state index contributed by atoms with van der Waals surface area (Å²) in [6, 6.07) is 12.5. The zero-order valence-corrected chi connectivity index (χ0v) is 9.88. The second-order valence-corrected chi connectivity index (χ2v) is 4.19. The zero-order valence-electron chi connectivity index (χ0n) is 9.88. The minimum atomic E-state index is 0.999. The van der Waals surface area contributed by atoms with E-state index in [1.807, 2.05) is 12.1 Å². The lowest BCUT2D eigenvalue weighted by molar-refractivity contribution is 1.33. The Balaban J connectivity index is 2.78. The van der Waals surface area contributed by atoms with Crippen molar-refractivity contribution in [3.8, 4) is 11.1 Å². The van der Waals surface area contributed by atoms with E-state index in [-0.39, 0.29) is 0 Å². The maximum Gasteiger partial charge on any atom is -0.0109 e. The summed E-state index contributed by atoms with van der Waals surface area (Å²) in [6.07, 6.45) is 0. The van der Waals surface area contributed by atoms with Gasteiger partial charge in [-0.25, -0.2) is 0 Å². The first-order valence-electron chi connectivity index (χ1n) is 5.45. The van der Waals surface area contributed by atoms with Crippen LogP contribution in [0.5, 0.6) is 0 Å². The van der Waals surface area contributed by atoms with Gasteiger partial charge >= 0.3 is 0 Å². The van der Waals surface area contributed by atoms with Crippen molar-refractivity contribution in [2.24, 2.45) is 0 Å². The van der Waals surface area contributed by atoms with E-state index < -0.39 is 0 Å². The van der Waals surface area contributed by atoms with E-state index in [0.717, 1.165) is 10.4 Å². The molecule has 0 bridgehead atoms. The summed E-state index contributed by atoms with van der Waals surface area (Å²) in [5, 5.41) is 2.02. The van der Waals surface area contributed by atoms with Crippen molar-refractivity contribution >= 4 is 13.2 Å². The molecule has 0 atom stereocenters. The van der Waals surface area contributed by atoms with Crippen molar-refractivity contribution in [3.63, 3.8) is 0 Å². The van der Waals surface area contributed by atoms with Crippen molar-refractivity contribution in [2.75, 3.05) is 0 Å². The van der Waals surface area contributed by atoms with Gasteiger partial charge in [0.05, 0.1) is 0 Å². The van der Waals surface area contributed by atoms with E-state index in [0.29, 0.717) is 0 Å². The summed E-state index contributed by atoms with van der Waals surface area (Å²) in [7, 11) is 0. The van der Waals surface area contributed by atoms with Gasteiger partial charge < -0.3 is 0 Å². The van der Waals surface area contributed by atoms with Gasteiger partial charge in [-0.2, -0.15) is 0 Å². The van der Waals surface area contributed by atoms with Crippen LogP contribution in [0.25, 0.3) is 24.3 Å². The van der Waals surface area contributed by atoms with Crippen molar-refractivity contribution in [2.45, 2.75) is 13.8 Å². The van der Waals surface area contributed by atoms with Gasteiger partial charge in [-0.3, -0.25) is 0 Å². The van der Waals surface area contributed by atoms with Crippen LogP contribution in [0.15, 0.2) is 36.4 Å². The van der Waals surface area contributed by atoms with Crippen LogP contribution in [0.1, 0.15) is 11.1 Å². The van der Waals surface area contributed by atoms with E-state index in [2.05, 4.69) is 51.3 Å². The van der Waals surface area contributed by atoms with Gasteiger partial charge in [-0.1, -0.05) is 49.6 Å². The van der Waals surface area contributed by atoms with Gasteiger partial charge in [0.2, 0.25) is 0 Å². The predicted octanol–water partition coefficient (Wildman–Crippen LogP) is 2.79. The molecular formula is C16H16. The molecule has 16 heavy (non-hydrogen) atoms. The predicted molar refractivity (Wildman–Crippen MR) is 71.6 cm³/mol. The summed E-state index contributed by atoms with van der Waals surface area (Å²) >= 11 is 0. The molecule has 2 aromatic rings. The lowest BCUT2D eigenvalue weighted by atomic mass is 9.95. The Hall–Kier alpha value is -1.82. The molecule has 0 aliphatic heterocycles. The maximum atomic E-state index is 4.10. The van der Waals surface area contributed by atoms with Gasteiger partial charge in [0.1, 0.15) is 0 Å². The number of hydrogen-bond donors (Lipinski definition) is 0. The minimum absolute atomic E-state index is 0.999. The third-order valence-electron chi connectivity index (χ3n) is 3.17. The van der Waals surface area contributed by atoms with Crippen LogP contribution in [0.4, 0.5) is 0 Å². The third kappa shape index (κ3) is 1.67. The highest BCUT2D eigenvalue weighted by Crippen LogP contribution is 2.21. The highest BCUT2D eigenvalue weighted by atomic mass is 14.1. The third-order valence-corrected chi connectivity index (χ3v) is 3.17. The van der Waals surface area contributed by atoms with Crippen molar-refractivity contribution < 1.29 is 0 Å². The first kappa shape index (κ1) is 10.7. The molecule has 0 heteroatoms. The zero-order chi connectivity index (χ0) is 11.7. The number of benzene rings is 2. The average molecular weight is 208 g/mol. The molecule has 0 saturated heterocycles. The van der Waals surface area contributed by atoms with Gasteiger partial charge in [-0.05, 0) is 46.5 Å². The maximum absolute atomic E-state index is 4.10. The lowest BCUT2D eigenvalue weighted by Crippen LogP contribution is -2.23. The molecule has 2 aromatic carbocycles. The summed E-state index contributed by atoms with van der Waals surface area (Å²) in [5.41, 5.74) is 5.08. The molecule has 0 aromatic heterocycles. The standard InChI is InChI=1S/C16H16/c1-11-7-5-9-15(13(11)3)16-10-6-8-12(2)14(16)4/h5-10H,1,3H2,2,4H3. The lowest BCUT2D eigenvalue weighted by Gasteiger charge is -2.09. The van der Waals surface area contributed by atoms with E-state index in [9.17, 15) is 0 Å². The fraction of sp³-hybridized carbons (Fsp3) is 0.125. The second kappa shape index (κ2) is 3.97. The molecule has 0 radical (unpaired) electrons. The van der Waals surface area contributed by atoms with E-state index in [1.54, 1.807) is 0 Å². The number of aryl methyl sites for hydroxylation is 1. The van der Waals surface area contributed by atoms with Crippen LogP contribution in [0.3, 0.4) is 0 Å². The van der Waals surface area contributed by atoms with Crippen LogP contribution in [-0.4, -0.2) is 0 Å². The quantitative estimate of drug-likeness (QED) is 0.676. The fourth-order valence-electron chi connectivity index (χ4n) is 1.93. The Morgan fingerprint density at radius 3 is 2.19 bits per heavy atom. The van der Waals surface area contributed by atoms with Crippen LogP contribution in [-0.2, 0) is 0 Å². The topological polar surface area (TPSA) is 0 Å². The molecule has 0 aliphatic carbocycles. The van der Waals surface area contributed by atoms with E-state index in [4.69, 9.17) is 0 Å². The Morgan fingerprint density at radius 1 is 0.812 bits per heavy atom. The van der Waals surface area contributed by atoms with Crippen molar-refractivity contribution in [3.05, 3.63) is 58.0 Å². The molecule has 80 valence electrons. The monoisotopic (exact) mass is 208 g/mol. The summed E-state index contributed by atoms with van der Waals surface area (Å²) in [4.78, 5) is 0. The Labute approximate surface area is 96.6 Å². The molecule has 0 nitrogen and oxygen atoms in total. The molecule has 0 amide bonds. The average Bonchev–Trinajstić information content (AvgIpc) is 2.27. The normalized spacial score (nSPS) is 10.4. The van der Waals surface area contributed by atoms with Crippen molar-refractivity contribution in [1.82, 2.24) is 0 Å². The summed E-state index contributed by atoms with van der Waals surface area (Å²) < 4.78 is 0. The largest absolute Gasteiger partial charge is 0.0912 e. The molecule has 0 unspecified atom stereocenters. The van der Waals surface area contributed by atoms with Gasteiger partial charge in [0.15, 0.2) is 0 Å². The highest BCUT2D eigenvalue weighted by molar-refractivity contribution is 5.69. The molecule has 0 saturated carbocycles. The van der Waals surface area contributed by atoms with Crippen LogP contribution in [0.2, 0.25) is 0 Å². The number of rotatable bonds is 1. The number of hydrogen-bond acceptors (Lipinski definition) is 0. The molecule has 0 spiro atoms. The molecule has 2 rings (SSSR count). The first-order valence-corrected chi connectivity index (χ1v) is 5.45. The highest BCUT2D eigenvalue weighted by Gasteiger charge is 2.03. The smallest absolute Gasteiger partial charge is 0.0109 e. The minimum Gasteiger partial charge on any atom is -0.0912 e. The molecule has 0 aliphatic rings. The Morgan fingerprint density at radius 2 is 1.44 bits per heavy atom. The Kier molecular flexibility index (Phi) is 2.66. The van der Waals surface area contributed by atoms with Crippen LogP contribution < -0.4 is 10.4 Å². The van der Waals surface area contributed by atoms with Crippen LogP contribution in [0, 0.1) is 13.8 Å². The Bertz CT molecular complexity index is 621. The molecule has 0 N–H and O–H groups in total. The van der Waals surface area contributed by atoms with E-state index in [1.165, 1.54) is 22.3 Å². The van der Waals surface area contributed by atoms with Gasteiger partial charge in [-0.15, -0.1) is 0 Å². The van der Waals surface area contributed by atoms with Crippen molar-refractivity contribution in [1.29, 1.82) is 0 Å².